The summed E-state index contributed by atoms with van der Waals surface area (Å²) < 4.78 is 11.5. The van der Waals surface area contributed by atoms with E-state index in [1.807, 2.05) is 0 Å². The van der Waals surface area contributed by atoms with E-state index in [9.17, 15) is 0 Å². The maximum atomic E-state index is 6.83. The first-order chi connectivity index (χ1) is 27.3. The maximum Gasteiger partial charge on any atom is 0.161 e. The van der Waals surface area contributed by atoms with Crippen molar-refractivity contribution in [3.05, 3.63) is 176 Å². The molecule has 0 spiro atoms. The van der Waals surface area contributed by atoms with Gasteiger partial charge < -0.3 is 8.98 Å². The predicted octanol–water partition coefficient (Wildman–Crippen LogP) is 14.0. The van der Waals surface area contributed by atoms with Gasteiger partial charge >= 0.3 is 0 Å². The van der Waals surface area contributed by atoms with E-state index in [-0.39, 0.29) is 0 Å². The van der Waals surface area contributed by atoms with Gasteiger partial charge in [-0.1, -0.05) is 127 Å². The van der Waals surface area contributed by atoms with E-state index < -0.39 is 0 Å². The molecule has 4 heterocycles. The van der Waals surface area contributed by atoms with E-state index in [0.29, 0.717) is 5.82 Å². The summed E-state index contributed by atoms with van der Waals surface area (Å²) in [4.78, 5) is 11.0. The minimum absolute atomic E-state index is 0.678. The molecule has 8 aromatic carbocycles. The summed E-state index contributed by atoms with van der Waals surface area (Å²) in [6.07, 6.45) is 0. The molecule has 0 aliphatic carbocycles. The van der Waals surface area contributed by atoms with E-state index >= 15 is 0 Å². The van der Waals surface area contributed by atoms with E-state index in [1.54, 1.807) is 11.3 Å². The lowest BCUT2D eigenvalue weighted by Gasteiger charge is -2.11. The Morgan fingerprint density at radius 1 is 0.491 bits per heavy atom. The highest BCUT2D eigenvalue weighted by atomic mass is 32.1. The molecule has 4 nitrogen and oxygen atoms in total. The summed E-state index contributed by atoms with van der Waals surface area (Å²) in [6.45, 7) is 0. The van der Waals surface area contributed by atoms with Crippen LogP contribution in [-0.2, 0) is 0 Å². The molecule has 0 aliphatic rings. The van der Waals surface area contributed by atoms with Crippen LogP contribution in [0.1, 0.15) is 0 Å². The Labute approximate surface area is 319 Å². The molecule has 0 fully saturated rings. The van der Waals surface area contributed by atoms with Crippen LogP contribution >= 0.6 is 11.3 Å². The molecule has 5 heteroatoms. The van der Waals surface area contributed by atoms with Crippen LogP contribution in [0.2, 0.25) is 0 Å². The smallest absolute Gasteiger partial charge is 0.161 e. The number of hydrogen-bond donors (Lipinski definition) is 0. The summed E-state index contributed by atoms with van der Waals surface area (Å²) in [5, 5.41) is 7.79. The highest BCUT2D eigenvalue weighted by Gasteiger charge is 2.23. The van der Waals surface area contributed by atoms with Gasteiger partial charge in [0, 0.05) is 53.8 Å². The van der Waals surface area contributed by atoms with Crippen molar-refractivity contribution in [3.63, 3.8) is 0 Å². The minimum Gasteiger partial charge on any atom is -0.455 e. The zero-order chi connectivity index (χ0) is 36.0. The number of hydrogen-bond acceptors (Lipinski definition) is 4. The normalized spacial score (nSPS) is 12.0. The zero-order valence-electron chi connectivity index (χ0n) is 29.4. The Balaban J connectivity index is 1.17. The van der Waals surface area contributed by atoms with Gasteiger partial charge in [0.05, 0.1) is 26.9 Å². The molecule has 0 aliphatic heterocycles. The number of furan rings is 1. The molecular formula is C50H29N3OS. The SMILES string of the molecule is c1ccc(-c2cccc(-c3nc(-c4cc5ccccc5c5oc6ccc(-n7c8ccccc8c8ccccc87)cc6c45)nc4c3sc3ccccc34)c2)cc1. The van der Waals surface area contributed by atoms with Gasteiger partial charge in [0.15, 0.2) is 5.82 Å². The molecule has 4 aromatic heterocycles. The molecule has 0 unspecified atom stereocenters. The second kappa shape index (κ2) is 11.7. The first-order valence-electron chi connectivity index (χ1n) is 18.5. The first-order valence-corrected chi connectivity index (χ1v) is 19.3. The van der Waals surface area contributed by atoms with Crippen LogP contribution in [0.5, 0.6) is 0 Å². The number of rotatable bonds is 4. The Kier molecular flexibility index (Phi) is 6.47. The first kappa shape index (κ1) is 30.4. The average molecular weight is 720 g/mol. The van der Waals surface area contributed by atoms with Gasteiger partial charge in [-0.05, 0) is 65.0 Å². The second-order valence-electron chi connectivity index (χ2n) is 14.1. The van der Waals surface area contributed by atoms with Crippen LogP contribution < -0.4 is 0 Å². The fraction of sp³-hybridized carbons (Fsp3) is 0. The Morgan fingerprint density at radius 3 is 1.98 bits per heavy atom. The molecule has 55 heavy (non-hydrogen) atoms. The number of para-hydroxylation sites is 2. The third-order valence-electron chi connectivity index (χ3n) is 11.0. The van der Waals surface area contributed by atoms with Gasteiger partial charge in [0.25, 0.3) is 0 Å². The number of thiophene rings is 1. The lowest BCUT2D eigenvalue weighted by Crippen LogP contribution is -1.95. The largest absolute Gasteiger partial charge is 0.455 e. The topological polar surface area (TPSA) is 43.9 Å². The van der Waals surface area contributed by atoms with E-state index in [1.165, 1.54) is 32.1 Å². The van der Waals surface area contributed by atoms with E-state index in [0.717, 1.165) is 76.4 Å². The molecule has 0 bridgehead atoms. The van der Waals surface area contributed by atoms with Crippen molar-refractivity contribution in [1.82, 2.24) is 14.5 Å². The molecule has 12 rings (SSSR count). The van der Waals surface area contributed by atoms with Gasteiger partial charge in [0.2, 0.25) is 0 Å². The van der Waals surface area contributed by atoms with Crippen LogP contribution in [0.15, 0.2) is 180 Å². The summed E-state index contributed by atoms with van der Waals surface area (Å²) in [7, 11) is 0. The molecule has 256 valence electrons. The van der Waals surface area contributed by atoms with Crippen LogP contribution in [-0.4, -0.2) is 14.5 Å². The van der Waals surface area contributed by atoms with Crippen molar-refractivity contribution >= 4 is 86.2 Å². The highest BCUT2D eigenvalue weighted by molar-refractivity contribution is 7.26. The van der Waals surface area contributed by atoms with Gasteiger partial charge in [-0.25, -0.2) is 9.97 Å². The lowest BCUT2D eigenvalue weighted by atomic mass is 9.98. The van der Waals surface area contributed by atoms with Crippen LogP contribution in [0.4, 0.5) is 0 Å². The van der Waals surface area contributed by atoms with Gasteiger partial charge in [-0.3, -0.25) is 0 Å². The fourth-order valence-electron chi connectivity index (χ4n) is 8.50. The molecular weight excluding hydrogens is 691 g/mol. The lowest BCUT2D eigenvalue weighted by molar-refractivity contribution is 0.672. The number of aromatic nitrogens is 3. The zero-order valence-corrected chi connectivity index (χ0v) is 30.2. The quantitative estimate of drug-likeness (QED) is 0.182. The third-order valence-corrected chi connectivity index (χ3v) is 12.2. The minimum atomic E-state index is 0.678. The second-order valence-corrected chi connectivity index (χ2v) is 15.2. The van der Waals surface area contributed by atoms with E-state index in [4.69, 9.17) is 14.4 Å². The Bertz CT molecular complexity index is 3450. The fourth-order valence-corrected chi connectivity index (χ4v) is 9.65. The van der Waals surface area contributed by atoms with Crippen molar-refractivity contribution in [2.75, 3.05) is 0 Å². The van der Waals surface area contributed by atoms with Crippen LogP contribution in [0.3, 0.4) is 0 Å². The van der Waals surface area contributed by atoms with Crippen molar-refractivity contribution < 1.29 is 4.42 Å². The summed E-state index contributed by atoms with van der Waals surface area (Å²) in [5.41, 5.74) is 11.3. The predicted molar refractivity (Wildman–Crippen MR) is 230 cm³/mol. The molecule has 0 radical (unpaired) electrons. The number of benzene rings is 8. The summed E-state index contributed by atoms with van der Waals surface area (Å²) in [5.74, 6) is 0.678. The van der Waals surface area contributed by atoms with Crippen LogP contribution in [0.25, 0.3) is 114 Å². The van der Waals surface area contributed by atoms with Crippen LogP contribution in [0, 0.1) is 0 Å². The number of nitrogens with zero attached hydrogens (tertiary/aromatic N) is 3. The average Bonchev–Trinajstić information content (AvgIpc) is 3.93. The maximum absolute atomic E-state index is 6.83. The van der Waals surface area contributed by atoms with Crippen molar-refractivity contribution in [3.8, 4) is 39.5 Å². The Morgan fingerprint density at radius 2 is 1.16 bits per heavy atom. The molecule has 0 atom stereocenters. The molecule has 0 N–H and O–H groups in total. The van der Waals surface area contributed by atoms with E-state index in [2.05, 4.69) is 180 Å². The highest BCUT2D eigenvalue weighted by Crippen LogP contribution is 2.45. The third kappa shape index (κ3) is 4.57. The molecule has 0 saturated carbocycles. The monoisotopic (exact) mass is 719 g/mol. The van der Waals surface area contributed by atoms with Crippen molar-refractivity contribution in [2.45, 2.75) is 0 Å². The van der Waals surface area contributed by atoms with Crippen molar-refractivity contribution in [1.29, 1.82) is 0 Å². The Hall–Kier alpha value is -7.08. The molecule has 0 amide bonds. The van der Waals surface area contributed by atoms with Crippen molar-refractivity contribution in [2.24, 2.45) is 0 Å². The molecule has 0 saturated heterocycles. The number of fused-ring (bicyclic) bond motifs is 11. The van der Waals surface area contributed by atoms with Gasteiger partial charge in [-0.2, -0.15) is 0 Å². The summed E-state index contributed by atoms with van der Waals surface area (Å²) in [6, 6.07) is 62.4. The molecule has 12 aromatic rings. The van der Waals surface area contributed by atoms with Gasteiger partial charge in [-0.15, -0.1) is 11.3 Å². The summed E-state index contributed by atoms with van der Waals surface area (Å²) >= 11 is 1.75. The van der Waals surface area contributed by atoms with Gasteiger partial charge in [0.1, 0.15) is 11.2 Å². The standard InChI is InChI=1S/C50H29N3OS/c1-2-13-30(14-3-1)31-16-12-17-33(27-31)46-49-47(38-21-8-11-24-44(38)55-49)52-50(51-46)40-28-32-15-4-5-18-35(32)48-45(40)39-29-34(25-26-43(39)54-48)53-41-22-9-6-19-36(41)37-20-7-10-23-42(37)53/h1-29H.